The van der Waals surface area contributed by atoms with Crippen molar-refractivity contribution in [3.63, 3.8) is 0 Å². The van der Waals surface area contributed by atoms with Crippen molar-refractivity contribution >= 4 is 27.8 Å². The quantitative estimate of drug-likeness (QED) is 0.867. The molecule has 0 radical (unpaired) electrons. The maximum Gasteiger partial charge on any atom is 0.325 e. The van der Waals surface area contributed by atoms with Crippen LogP contribution in [0.4, 0.5) is 0 Å². The van der Waals surface area contributed by atoms with Gasteiger partial charge in [0.05, 0.1) is 4.47 Å². The Bertz CT molecular complexity index is 461. The largest absolute Gasteiger partial charge is 0.483 e. The summed E-state index contributed by atoms with van der Waals surface area (Å²) in [5.41, 5.74) is 1.07. The number of rotatable bonds is 5. The molecule has 0 fully saturated rings. The minimum absolute atomic E-state index is 0.223. The molecule has 6 heteroatoms. The molecule has 1 aromatic rings. The Morgan fingerprint density at radius 2 is 2.17 bits per heavy atom. The zero-order valence-corrected chi connectivity index (χ0v) is 11.7. The van der Waals surface area contributed by atoms with Crippen molar-refractivity contribution in [2.45, 2.75) is 19.9 Å². The summed E-state index contributed by atoms with van der Waals surface area (Å²) >= 11 is 3.32. The molecule has 1 rings (SSSR count). The smallest absolute Gasteiger partial charge is 0.325 e. The third kappa shape index (κ3) is 4.37. The normalized spacial score (nSPS) is 11.7. The van der Waals surface area contributed by atoms with Crippen LogP contribution in [0.5, 0.6) is 5.75 Å². The van der Waals surface area contributed by atoms with E-state index < -0.39 is 17.9 Å². The van der Waals surface area contributed by atoms with Crippen molar-refractivity contribution in [1.29, 1.82) is 0 Å². The van der Waals surface area contributed by atoms with Gasteiger partial charge in [-0.15, -0.1) is 0 Å². The summed E-state index contributed by atoms with van der Waals surface area (Å²) in [5.74, 6) is -1.02. The highest BCUT2D eigenvalue weighted by Crippen LogP contribution is 2.25. The first-order chi connectivity index (χ1) is 8.40. The number of aliphatic carboxylic acids is 1. The topological polar surface area (TPSA) is 75.6 Å². The van der Waals surface area contributed by atoms with Crippen molar-refractivity contribution in [3.05, 3.63) is 28.2 Å². The maximum atomic E-state index is 11.4. The molecule has 0 saturated heterocycles. The Balaban J connectivity index is 2.50. The van der Waals surface area contributed by atoms with E-state index in [1.165, 1.54) is 6.92 Å². The Morgan fingerprint density at radius 1 is 1.50 bits per heavy atom. The molecule has 1 amide bonds. The number of hydrogen-bond acceptors (Lipinski definition) is 3. The Labute approximate surface area is 113 Å². The molecule has 1 atom stereocenters. The first-order valence-electron chi connectivity index (χ1n) is 5.31. The minimum atomic E-state index is -1.08. The Kier molecular flexibility index (Phi) is 5.15. The van der Waals surface area contributed by atoms with Gasteiger partial charge in [0.15, 0.2) is 6.61 Å². The van der Waals surface area contributed by atoms with Gasteiger partial charge in [-0.25, -0.2) is 0 Å². The molecule has 2 N–H and O–H groups in total. The van der Waals surface area contributed by atoms with Gasteiger partial charge in [0, 0.05) is 0 Å². The van der Waals surface area contributed by atoms with Crippen LogP contribution in [0.1, 0.15) is 12.5 Å². The second-order valence-corrected chi connectivity index (χ2v) is 4.70. The van der Waals surface area contributed by atoms with Gasteiger partial charge in [-0.05, 0) is 47.5 Å². The maximum absolute atomic E-state index is 11.4. The molecule has 0 unspecified atom stereocenters. The van der Waals surface area contributed by atoms with Gasteiger partial charge < -0.3 is 15.2 Å². The number of benzene rings is 1. The van der Waals surface area contributed by atoms with Gasteiger partial charge in [-0.3, -0.25) is 9.59 Å². The van der Waals surface area contributed by atoms with Gasteiger partial charge in [0.25, 0.3) is 5.91 Å². The number of carboxylic acids is 1. The lowest BCUT2D eigenvalue weighted by molar-refractivity contribution is -0.141. The fraction of sp³-hybridized carbons (Fsp3) is 0.333. The zero-order chi connectivity index (χ0) is 13.7. The molecule has 0 aliphatic rings. The summed E-state index contributed by atoms with van der Waals surface area (Å²) in [7, 11) is 0. The zero-order valence-electron chi connectivity index (χ0n) is 10.1. The summed E-state index contributed by atoms with van der Waals surface area (Å²) in [6.07, 6.45) is 0. The highest BCUT2D eigenvalue weighted by molar-refractivity contribution is 9.10. The summed E-state index contributed by atoms with van der Waals surface area (Å²) < 4.78 is 6.03. The molecule has 0 aromatic heterocycles. The Hall–Kier alpha value is -1.56. The monoisotopic (exact) mass is 315 g/mol. The van der Waals surface area contributed by atoms with Crippen molar-refractivity contribution in [2.24, 2.45) is 0 Å². The van der Waals surface area contributed by atoms with Crippen LogP contribution in [0.2, 0.25) is 0 Å². The highest BCUT2D eigenvalue weighted by Gasteiger charge is 2.14. The standard InChI is InChI=1S/C12H14BrNO4/c1-7-3-4-10(9(13)5-7)18-6-11(15)14-8(2)12(16)17/h3-5,8H,6H2,1-2H3,(H,14,15)(H,16,17)/t8-/m1/s1. The molecule has 98 valence electrons. The van der Waals surface area contributed by atoms with E-state index in [0.29, 0.717) is 5.75 Å². The summed E-state index contributed by atoms with van der Waals surface area (Å²) in [4.78, 5) is 21.9. The predicted molar refractivity (Wildman–Crippen MR) is 69.6 cm³/mol. The van der Waals surface area contributed by atoms with E-state index in [4.69, 9.17) is 9.84 Å². The van der Waals surface area contributed by atoms with Crippen molar-refractivity contribution in [2.75, 3.05) is 6.61 Å². The lowest BCUT2D eigenvalue weighted by atomic mass is 10.2. The number of carbonyl (C=O) groups is 2. The molecule has 18 heavy (non-hydrogen) atoms. The van der Waals surface area contributed by atoms with Crippen molar-refractivity contribution < 1.29 is 19.4 Å². The van der Waals surface area contributed by atoms with E-state index in [9.17, 15) is 9.59 Å². The number of carboxylic acid groups (broad SMARTS) is 1. The molecule has 5 nitrogen and oxygen atoms in total. The molecule has 0 aliphatic heterocycles. The third-order valence-corrected chi connectivity index (χ3v) is 2.81. The fourth-order valence-electron chi connectivity index (χ4n) is 1.21. The van der Waals surface area contributed by atoms with E-state index in [-0.39, 0.29) is 6.61 Å². The van der Waals surface area contributed by atoms with Crippen molar-refractivity contribution in [3.8, 4) is 5.75 Å². The van der Waals surface area contributed by atoms with Gasteiger partial charge in [0.1, 0.15) is 11.8 Å². The van der Waals surface area contributed by atoms with Gasteiger partial charge in [-0.1, -0.05) is 6.07 Å². The van der Waals surface area contributed by atoms with E-state index in [1.807, 2.05) is 19.1 Å². The number of ether oxygens (including phenoxy) is 1. The predicted octanol–water partition coefficient (Wildman–Crippen LogP) is 1.73. The average molecular weight is 316 g/mol. The van der Waals surface area contributed by atoms with E-state index in [1.54, 1.807) is 6.07 Å². The second-order valence-electron chi connectivity index (χ2n) is 3.85. The SMILES string of the molecule is Cc1ccc(OCC(=O)N[C@H](C)C(=O)O)c(Br)c1. The summed E-state index contributed by atoms with van der Waals surface area (Å²) in [6.45, 7) is 3.11. The first-order valence-corrected chi connectivity index (χ1v) is 6.10. The Morgan fingerprint density at radius 3 is 2.72 bits per heavy atom. The van der Waals surface area contributed by atoms with E-state index in [2.05, 4.69) is 21.2 Å². The third-order valence-electron chi connectivity index (χ3n) is 2.19. The first kappa shape index (κ1) is 14.5. The lowest BCUT2D eigenvalue weighted by Gasteiger charge is -2.11. The summed E-state index contributed by atoms with van der Waals surface area (Å²) in [6, 6.07) is 4.54. The molecule has 0 aliphatic carbocycles. The molecular formula is C12H14BrNO4. The number of nitrogens with one attached hydrogen (secondary N) is 1. The number of aryl methyl sites for hydroxylation is 1. The van der Waals surface area contributed by atoms with Crippen LogP contribution < -0.4 is 10.1 Å². The lowest BCUT2D eigenvalue weighted by Crippen LogP contribution is -2.40. The number of amides is 1. The number of halogens is 1. The van der Waals surface area contributed by atoms with Crippen LogP contribution in [0, 0.1) is 6.92 Å². The minimum Gasteiger partial charge on any atom is -0.483 e. The van der Waals surface area contributed by atoms with Crippen LogP contribution in [-0.4, -0.2) is 29.6 Å². The van der Waals surface area contributed by atoms with Gasteiger partial charge in [-0.2, -0.15) is 0 Å². The van der Waals surface area contributed by atoms with Crippen LogP contribution in [0.25, 0.3) is 0 Å². The van der Waals surface area contributed by atoms with E-state index >= 15 is 0 Å². The number of carbonyl (C=O) groups excluding carboxylic acids is 1. The summed E-state index contributed by atoms with van der Waals surface area (Å²) in [5, 5.41) is 10.9. The second kappa shape index (κ2) is 6.39. The van der Waals surface area contributed by atoms with Crippen LogP contribution in [-0.2, 0) is 9.59 Å². The van der Waals surface area contributed by atoms with Crippen LogP contribution >= 0.6 is 15.9 Å². The van der Waals surface area contributed by atoms with Gasteiger partial charge >= 0.3 is 5.97 Å². The molecule has 0 heterocycles. The molecular weight excluding hydrogens is 302 g/mol. The highest BCUT2D eigenvalue weighted by atomic mass is 79.9. The van der Waals surface area contributed by atoms with Crippen LogP contribution in [0.3, 0.4) is 0 Å². The number of hydrogen-bond donors (Lipinski definition) is 2. The van der Waals surface area contributed by atoms with Gasteiger partial charge in [0.2, 0.25) is 0 Å². The molecule has 1 aromatic carbocycles. The van der Waals surface area contributed by atoms with Crippen molar-refractivity contribution in [1.82, 2.24) is 5.32 Å². The average Bonchev–Trinajstić information content (AvgIpc) is 2.27. The molecule has 0 bridgehead atoms. The van der Waals surface area contributed by atoms with E-state index in [0.717, 1.165) is 10.0 Å². The van der Waals surface area contributed by atoms with Crippen LogP contribution in [0.15, 0.2) is 22.7 Å². The molecule has 0 saturated carbocycles. The fourth-order valence-corrected chi connectivity index (χ4v) is 1.82. The molecule has 0 spiro atoms.